The van der Waals surface area contributed by atoms with E-state index in [1.807, 2.05) is 13.8 Å². The van der Waals surface area contributed by atoms with Gasteiger partial charge in [0.1, 0.15) is 11.9 Å². The molecule has 0 bridgehead atoms. The SMILES string of the molecule is C#C[C@@H](O)C(C)(C)c1ccc(F)cc1. The minimum absolute atomic E-state index is 0.292. The summed E-state index contributed by atoms with van der Waals surface area (Å²) in [6, 6.07) is 5.99. The first-order chi connectivity index (χ1) is 6.48. The van der Waals surface area contributed by atoms with Crippen LogP contribution in [0.3, 0.4) is 0 Å². The minimum Gasteiger partial charge on any atom is -0.379 e. The lowest BCUT2D eigenvalue weighted by molar-refractivity contribution is 0.153. The molecule has 0 radical (unpaired) electrons. The Balaban J connectivity index is 3.05. The van der Waals surface area contributed by atoms with Crippen molar-refractivity contribution in [3.63, 3.8) is 0 Å². The highest BCUT2D eigenvalue weighted by Gasteiger charge is 2.28. The Morgan fingerprint density at radius 3 is 2.29 bits per heavy atom. The van der Waals surface area contributed by atoms with Gasteiger partial charge in [-0.1, -0.05) is 31.9 Å². The van der Waals surface area contributed by atoms with Crippen molar-refractivity contribution >= 4 is 0 Å². The van der Waals surface area contributed by atoms with E-state index in [0.717, 1.165) is 5.56 Å². The third-order valence-electron chi connectivity index (χ3n) is 2.43. The first kappa shape index (κ1) is 10.7. The normalized spacial score (nSPS) is 13.4. The predicted octanol–water partition coefficient (Wildman–Crippen LogP) is 2.10. The third-order valence-corrected chi connectivity index (χ3v) is 2.43. The molecule has 1 aromatic carbocycles. The molecule has 0 spiro atoms. The lowest BCUT2D eigenvalue weighted by atomic mass is 9.80. The first-order valence-corrected chi connectivity index (χ1v) is 4.38. The third kappa shape index (κ3) is 1.94. The van der Waals surface area contributed by atoms with Crippen molar-refractivity contribution in [3.05, 3.63) is 35.6 Å². The van der Waals surface area contributed by atoms with E-state index < -0.39 is 11.5 Å². The molecule has 0 aromatic heterocycles. The quantitative estimate of drug-likeness (QED) is 0.711. The Kier molecular flexibility index (Phi) is 2.93. The van der Waals surface area contributed by atoms with Crippen molar-refractivity contribution in [2.24, 2.45) is 0 Å². The maximum atomic E-state index is 12.7. The van der Waals surface area contributed by atoms with Gasteiger partial charge in [-0.3, -0.25) is 0 Å². The molecule has 0 fully saturated rings. The van der Waals surface area contributed by atoms with E-state index in [-0.39, 0.29) is 5.82 Å². The number of hydrogen-bond donors (Lipinski definition) is 1. The lowest BCUT2D eigenvalue weighted by Crippen LogP contribution is -2.32. The molecule has 0 heterocycles. The van der Waals surface area contributed by atoms with E-state index in [0.29, 0.717) is 0 Å². The second-order valence-electron chi connectivity index (χ2n) is 3.80. The van der Waals surface area contributed by atoms with Crippen molar-refractivity contribution in [1.29, 1.82) is 0 Å². The fraction of sp³-hybridized carbons (Fsp3) is 0.333. The van der Waals surface area contributed by atoms with Gasteiger partial charge >= 0.3 is 0 Å². The zero-order valence-corrected chi connectivity index (χ0v) is 8.29. The molecule has 0 unspecified atom stereocenters. The Morgan fingerprint density at radius 2 is 1.86 bits per heavy atom. The summed E-state index contributed by atoms with van der Waals surface area (Å²) < 4.78 is 12.7. The van der Waals surface area contributed by atoms with Gasteiger partial charge in [0.15, 0.2) is 0 Å². The molecule has 1 nitrogen and oxygen atoms in total. The monoisotopic (exact) mass is 192 g/mol. The van der Waals surface area contributed by atoms with Crippen molar-refractivity contribution in [2.75, 3.05) is 0 Å². The van der Waals surface area contributed by atoms with Gasteiger partial charge in [-0.25, -0.2) is 4.39 Å². The van der Waals surface area contributed by atoms with Crippen LogP contribution in [0.15, 0.2) is 24.3 Å². The summed E-state index contributed by atoms with van der Waals surface area (Å²) in [4.78, 5) is 0. The topological polar surface area (TPSA) is 20.2 Å². The number of halogens is 1. The maximum absolute atomic E-state index is 12.7. The Bertz CT molecular complexity index is 346. The molecule has 0 aliphatic rings. The van der Waals surface area contributed by atoms with Crippen molar-refractivity contribution < 1.29 is 9.50 Å². The van der Waals surface area contributed by atoms with E-state index in [1.165, 1.54) is 12.1 Å². The van der Waals surface area contributed by atoms with Gasteiger partial charge in [-0.15, -0.1) is 6.42 Å². The first-order valence-electron chi connectivity index (χ1n) is 4.38. The average Bonchev–Trinajstić information content (AvgIpc) is 2.17. The summed E-state index contributed by atoms with van der Waals surface area (Å²) in [6.07, 6.45) is 4.28. The highest BCUT2D eigenvalue weighted by atomic mass is 19.1. The van der Waals surface area contributed by atoms with Gasteiger partial charge in [0.05, 0.1) is 0 Å². The van der Waals surface area contributed by atoms with Crippen LogP contribution in [0.2, 0.25) is 0 Å². The number of aliphatic hydroxyl groups excluding tert-OH is 1. The van der Waals surface area contributed by atoms with Crippen LogP contribution in [0.1, 0.15) is 19.4 Å². The minimum atomic E-state index is -0.868. The van der Waals surface area contributed by atoms with Crippen LogP contribution in [0.4, 0.5) is 4.39 Å². The van der Waals surface area contributed by atoms with Crippen LogP contribution in [-0.2, 0) is 5.41 Å². The smallest absolute Gasteiger partial charge is 0.123 e. The Labute approximate surface area is 83.6 Å². The zero-order valence-electron chi connectivity index (χ0n) is 8.29. The lowest BCUT2D eigenvalue weighted by Gasteiger charge is -2.27. The number of benzene rings is 1. The van der Waals surface area contributed by atoms with Crippen LogP contribution < -0.4 is 0 Å². The van der Waals surface area contributed by atoms with E-state index in [2.05, 4.69) is 5.92 Å². The Hall–Kier alpha value is -1.33. The summed E-state index contributed by atoms with van der Waals surface area (Å²) in [6.45, 7) is 3.65. The van der Waals surface area contributed by atoms with Gasteiger partial charge in [-0.05, 0) is 17.7 Å². The largest absolute Gasteiger partial charge is 0.379 e. The van der Waals surface area contributed by atoms with Crippen LogP contribution in [0.5, 0.6) is 0 Å². The molecule has 0 aliphatic carbocycles. The van der Waals surface area contributed by atoms with Gasteiger partial charge < -0.3 is 5.11 Å². The molecule has 0 saturated heterocycles. The fourth-order valence-corrected chi connectivity index (χ4v) is 1.25. The molecule has 1 atom stereocenters. The molecule has 0 saturated carbocycles. The molecular weight excluding hydrogens is 179 g/mol. The summed E-state index contributed by atoms with van der Waals surface area (Å²) >= 11 is 0. The zero-order chi connectivity index (χ0) is 10.8. The van der Waals surface area contributed by atoms with Crippen LogP contribution in [0, 0.1) is 18.2 Å². The summed E-state index contributed by atoms with van der Waals surface area (Å²) in [5.74, 6) is 1.99. The van der Waals surface area contributed by atoms with Crippen LogP contribution in [-0.4, -0.2) is 11.2 Å². The number of hydrogen-bond acceptors (Lipinski definition) is 1. The molecular formula is C12H13FO. The second-order valence-corrected chi connectivity index (χ2v) is 3.80. The standard InChI is InChI=1S/C12H13FO/c1-4-11(14)12(2,3)9-5-7-10(13)8-6-9/h1,5-8,11,14H,2-3H3/t11-/m1/s1. The number of rotatable bonds is 2. The maximum Gasteiger partial charge on any atom is 0.123 e. The van der Waals surface area contributed by atoms with E-state index >= 15 is 0 Å². The summed E-state index contributed by atoms with van der Waals surface area (Å²) in [5, 5.41) is 9.58. The molecule has 0 amide bonds. The van der Waals surface area contributed by atoms with Gasteiger partial charge in [0.25, 0.3) is 0 Å². The highest BCUT2D eigenvalue weighted by Crippen LogP contribution is 2.26. The molecule has 2 heteroatoms. The average molecular weight is 192 g/mol. The molecule has 1 rings (SSSR count). The summed E-state index contributed by atoms with van der Waals surface area (Å²) in [7, 11) is 0. The molecule has 0 aliphatic heterocycles. The van der Waals surface area contributed by atoms with Crippen molar-refractivity contribution in [2.45, 2.75) is 25.4 Å². The molecule has 14 heavy (non-hydrogen) atoms. The van der Waals surface area contributed by atoms with Gasteiger partial charge in [0, 0.05) is 5.41 Å². The van der Waals surface area contributed by atoms with Crippen molar-refractivity contribution in [1.82, 2.24) is 0 Å². The second kappa shape index (κ2) is 3.81. The van der Waals surface area contributed by atoms with Crippen LogP contribution in [0.25, 0.3) is 0 Å². The number of terminal acetylenes is 1. The van der Waals surface area contributed by atoms with Crippen molar-refractivity contribution in [3.8, 4) is 12.3 Å². The summed E-state index contributed by atoms with van der Waals surface area (Å²) in [5.41, 5.74) is 0.270. The highest BCUT2D eigenvalue weighted by molar-refractivity contribution is 5.28. The van der Waals surface area contributed by atoms with Gasteiger partial charge in [-0.2, -0.15) is 0 Å². The Morgan fingerprint density at radius 1 is 1.36 bits per heavy atom. The van der Waals surface area contributed by atoms with E-state index in [9.17, 15) is 9.50 Å². The predicted molar refractivity (Wildman–Crippen MR) is 54.3 cm³/mol. The number of aliphatic hydroxyl groups is 1. The van der Waals surface area contributed by atoms with Crippen LogP contribution >= 0.6 is 0 Å². The van der Waals surface area contributed by atoms with E-state index in [1.54, 1.807) is 12.1 Å². The molecule has 74 valence electrons. The molecule has 1 aromatic rings. The fourth-order valence-electron chi connectivity index (χ4n) is 1.25. The van der Waals surface area contributed by atoms with E-state index in [4.69, 9.17) is 6.42 Å². The van der Waals surface area contributed by atoms with Gasteiger partial charge in [0.2, 0.25) is 0 Å². The molecule has 1 N–H and O–H groups in total.